The largest absolute Gasteiger partial charge is 0.315 e. The summed E-state index contributed by atoms with van der Waals surface area (Å²) in [6, 6.07) is 3.18. The zero-order valence-corrected chi connectivity index (χ0v) is 10.7. The number of hydrogen-bond donors (Lipinski definition) is 0. The van der Waals surface area contributed by atoms with Crippen LogP contribution in [0.4, 0.5) is 5.69 Å². The maximum absolute atomic E-state index is 5.93. The number of halogens is 3. The first kappa shape index (κ1) is 12.5. The van der Waals surface area contributed by atoms with Gasteiger partial charge in [0.2, 0.25) is 0 Å². The van der Waals surface area contributed by atoms with Crippen molar-refractivity contribution in [2.75, 3.05) is 0 Å². The lowest BCUT2D eigenvalue weighted by molar-refractivity contribution is -0.0801. The van der Waals surface area contributed by atoms with Crippen LogP contribution in [0.15, 0.2) is 17.2 Å². The highest BCUT2D eigenvalue weighted by Crippen LogP contribution is 2.35. The predicted octanol–water partition coefficient (Wildman–Crippen LogP) is 4.81. The molecule has 1 aromatic rings. The molecule has 0 amide bonds. The standard InChI is InChI=1S/C10H10Cl3N2/c1-3-6(2)14-15-10-8(12)4-7(11)5-9(10)13/h4-5H,3H2,1-2H3/q+1. The van der Waals surface area contributed by atoms with Crippen LogP contribution in [0, 0.1) is 0 Å². The second-order valence-corrected chi connectivity index (χ2v) is 4.26. The molecule has 0 atom stereocenters. The van der Waals surface area contributed by atoms with Gasteiger partial charge in [-0.15, -0.1) is 0 Å². The smallest absolute Gasteiger partial charge is 0.0842 e. The molecule has 0 aromatic heterocycles. The molecular weight excluding hydrogens is 254 g/mol. The van der Waals surface area contributed by atoms with E-state index in [9.17, 15) is 0 Å². The van der Waals surface area contributed by atoms with Crippen molar-refractivity contribution in [1.29, 1.82) is 0 Å². The molecule has 0 aliphatic carbocycles. The molecule has 0 heterocycles. The van der Waals surface area contributed by atoms with Crippen LogP contribution in [-0.4, -0.2) is 10.5 Å². The second kappa shape index (κ2) is 5.53. The predicted molar refractivity (Wildman–Crippen MR) is 64.8 cm³/mol. The van der Waals surface area contributed by atoms with Crippen molar-refractivity contribution < 1.29 is 4.79 Å². The van der Waals surface area contributed by atoms with Crippen LogP contribution in [0.1, 0.15) is 20.3 Å². The average molecular weight is 265 g/mol. The van der Waals surface area contributed by atoms with E-state index >= 15 is 0 Å². The molecule has 5 heteroatoms. The van der Waals surface area contributed by atoms with Gasteiger partial charge in [-0.2, -0.15) is 0 Å². The Bertz CT molecular complexity index is 411. The number of nitrogens with zero attached hydrogens (tertiary/aromatic N) is 2. The first-order valence-corrected chi connectivity index (χ1v) is 5.56. The van der Waals surface area contributed by atoms with Gasteiger partial charge in [0, 0.05) is 18.4 Å². The van der Waals surface area contributed by atoms with Gasteiger partial charge in [0.25, 0.3) is 0 Å². The summed E-state index contributed by atoms with van der Waals surface area (Å²) in [6.45, 7) is 3.89. The minimum Gasteiger partial charge on any atom is -0.0842 e. The Morgan fingerprint density at radius 3 is 2.27 bits per heavy atom. The maximum atomic E-state index is 5.93. The van der Waals surface area contributed by atoms with Gasteiger partial charge in [-0.1, -0.05) is 41.7 Å². The highest BCUT2D eigenvalue weighted by Gasteiger charge is 2.11. The van der Waals surface area contributed by atoms with E-state index in [1.807, 2.05) is 13.8 Å². The summed E-state index contributed by atoms with van der Waals surface area (Å²) in [5.41, 5.74) is 1.37. The highest BCUT2D eigenvalue weighted by atomic mass is 35.5. The SMILES string of the molecule is CCC(C)=[N+]=Nc1c(Cl)cc(Cl)cc1Cl. The van der Waals surface area contributed by atoms with Crippen LogP contribution < -0.4 is 0 Å². The Balaban J connectivity index is 3.22. The lowest BCUT2D eigenvalue weighted by Crippen LogP contribution is -1.87. The van der Waals surface area contributed by atoms with Crippen LogP contribution in [-0.2, 0) is 0 Å². The molecular formula is C10H10Cl3N2+. The van der Waals surface area contributed by atoms with Gasteiger partial charge in [0.05, 0.1) is 14.8 Å². The van der Waals surface area contributed by atoms with Crippen LogP contribution in [0.2, 0.25) is 15.1 Å². The summed E-state index contributed by atoms with van der Waals surface area (Å²) in [4.78, 5) is 3.99. The third kappa shape index (κ3) is 3.51. The summed E-state index contributed by atoms with van der Waals surface area (Å²) in [7, 11) is 0. The van der Waals surface area contributed by atoms with Gasteiger partial charge < -0.3 is 0 Å². The molecule has 0 unspecified atom stereocenters. The van der Waals surface area contributed by atoms with E-state index < -0.39 is 0 Å². The van der Waals surface area contributed by atoms with Crippen molar-refractivity contribution >= 4 is 46.2 Å². The third-order valence-electron chi connectivity index (χ3n) is 1.81. The fourth-order valence-corrected chi connectivity index (χ4v) is 1.73. The molecule has 80 valence electrons. The summed E-state index contributed by atoms with van der Waals surface area (Å²) in [5.74, 6) is 0. The molecule has 1 rings (SSSR count). The van der Waals surface area contributed by atoms with Gasteiger partial charge in [-0.3, -0.25) is 0 Å². The van der Waals surface area contributed by atoms with Gasteiger partial charge >= 0.3 is 5.71 Å². The first-order chi connectivity index (χ1) is 7.04. The van der Waals surface area contributed by atoms with Crippen molar-refractivity contribution in [3.05, 3.63) is 27.2 Å². The summed E-state index contributed by atoms with van der Waals surface area (Å²) < 4.78 is 0. The van der Waals surface area contributed by atoms with E-state index in [-0.39, 0.29) is 0 Å². The van der Waals surface area contributed by atoms with E-state index in [0.29, 0.717) is 20.8 Å². The zero-order valence-electron chi connectivity index (χ0n) is 8.39. The minimum atomic E-state index is 0.403. The molecule has 0 spiro atoms. The molecule has 0 fully saturated rings. The molecule has 1 aromatic carbocycles. The van der Waals surface area contributed by atoms with E-state index in [1.165, 1.54) is 0 Å². The van der Waals surface area contributed by atoms with Crippen LogP contribution in [0.3, 0.4) is 0 Å². The van der Waals surface area contributed by atoms with E-state index in [4.69, 9.17) is 34.8 Å². The van der Waals surface area contributed by atoms with Gasteiger partial charge in [-0.25, -0.2) is 0 Å². The third-order valence-corrected chi connectivity index (χ3v) is 2.61. The van der Waals surface area contributed by atoms with E-state index in [0.717, 1.165) is 12.1 Å². The number of benzene rings is 1. The van der Waals surface area contributed by atoms with Crippen LogP contribution in [0.25, 0.3) is 0 Å². The molecule has 0 aliphatic rings. The Labute approximate surface area is 104 Å². The summed E-state index contributed by atoms with van der Waals surface area (Å²) in [6.07, 6.45) is 0.840. The van der Waals surface area contributed by atoms with Gasteiger partial charge in [0.1, 0.15) is 5.11 Å². The minimum absolute atomic E-state index is 0.403. The van der Waals surface area contributed by atoms with Crippen molar-refractivity contribution in [2.45, 2.75) is 20.3 Å². The van der Waals surface area contributed by atoms with Crippen LogP contribution >= 0.6 is 34.8 Å². The van der Waals surface area contributed by atoms with Crippen molar-refractivity contribution in [3.63, 3.8) is 0 Å². The fraction of sp³-hybridized carbons (Fsp3) is 0.300. The Morgan fingerprint density at radius 1 is 1.27 bits per heavy atom. The zero-order chi connectivity index (χ0) is 11.4. The van der Waals surface area contributed by atoms with Crippen molar-refractivity contribution in [2.24, 2.45) is 5.11 Å². The number of hydrogen-bond acceptors (Lipinski definition) is 1. The Kier molecular flexibility index (Phi) is 4.62. The normalized spacial score (nSPS) is 9.67. The molecule has 15 heavy (non-hydrogen) atoms. The molecule has 0 bridgehead atoms. The maximum Gasteiger partial charge on any atom is 0.315 e. The Morgan fingerprint density at radius 2 is 1.80 bits per heavy atom. The average Bonchev–Trinajstić information content (AvgIpc) is 2.15. The second-order valence-electron chi connectivity index (χ2n) is 3.01. The molecule has 2 nitrogen and oxygen atoms in total. The lowest BCUT2D eigenvalue weighted by Gasteiger charge is -1.95. The van der Waals surface area contributed by atoms with E-state index in [1.54, 1.807) is 12.1 Å². The van der Waals surface area contributed by atoms with Crippen molar-refractivity contribution in [1.82, 2.24) is 0 Å². The number of rotatable bonds is 2. The van der Waals surface area contributed by atoms with Gasteiger partial charge in [0.15, 0.2) is 5.69 Å². The first-order valence-electron chi connectivity index (χ1n) is 4.43. The highest BCUT2D eigenvalue weighted by molar-refractivity contribution is 6.41. The molecule has 0 N–H and O–H groups in total. The fourth-order valence-electron chi connectivity index (χ4n) is 0.836. The molecule has 0 saturated carbocycles. The topological polar surface area (TPSA) is 26.5 Å². The summed E-state index contributed by atoms with van der Waals surface area (Å²) >= 11 is 17.6. The molecule has 0 saturated heterocycles. The molecule has 0 radical (unpaired) electrons. The Hall–Kier alpha value is -0.530. The van der Waals surface area contributed by atoms with E-state index in [2.05, 4.69) is 9.90 Å². The lowest BCUT2D eigenvalue weighted by atomic mass is 10.3. The molecule has 0 aliphatic heterocycles. The quantitative estimate of drug-likeness (QED) is 0.416. The van der Waals surface area contributed by atoms with Crippen molar-refractivity contribution in [3.8, 4) is 0 Å². The summed E-state index contributed by atoms with van der Waals surface area (Å²) in [5, 5.41) is 5.27. The van der Waals surface area contributed by atoms with Gasteiger partial charge in [-0.05, 0) is 12.1 Å². The van der Waals surface area contributed by atoms with Crippen LogP contribution in [0.5, 0.6) is 0 Å². The monoisotopic (exact) mass is 263 g/mol.